The average Bonchev–Trinajstić information content (AvgIpc) is 3.24. The second-order valence-corrected chi connectivity index (χ2v) is 5.85. The number of carboxylic acid groups (broad SMARTS) is 1. The molecule has 1 saturated carbocycles. The van der Waals surface area contributed by atoms with Gasteiger partial charge in [0.15, 0.2) is 0 Å². The van der Waals surface area contributed by atoms with Crippen LogP contribution in [0.1, 0.15) is 24.8 Å². The fourth-order valence-electron chi connectivity index (χ4n) is 2.25. The molecule has 0 aliphatic heterocycles. The van der Waals surface area contributed by atoms with Crippen LogP contribution in [0.2, 0.25) is 5.02 Å². The first-order chi connectivity index (χ1) is 9.97. The summed E-state index contributed by atoms with van der Waals surface area (Å²) >= 11 is 6.07. The van der Waals surface area contributed by atoms with Gasteiger partial charge in [-0.15, -0.1) is 0 Å². The van der Waals surface area contributed by atoms with Crippen molar-refractivity contribution in [2.75, 3.05) is 7.05 Å². The molecule has 0 bridgehead atoms. The standard InChI is InChI=1S/C15H19ClN2O3/c1-18(9-11-4-2-3-5-12(11)16)15(21)17-13(8-14(19)20)10-6-7-10/h2-5,10,13H,6-9H2,1H3,(H,17,21)(H,19,20). The van der Waals surface area contributed by atoms with Crippen LogP contribution in [-0.4, -0.2) is 35.1 Å². The molecule has 2 amide bonds. The third kappa shape index (κ3) is 4.63. The third-order valence-corrected chi connectivity index (χ3v) is 3.98. The highest BCUT2D eigenvalue weighted by atomic mass is 35.5. The summed E-state index contributed by atoms with van der Waals surface area (Å²) in [6.07, 6.45) is 1.93. The molecule has 1 fully saturated rings. The number of halogens is 1. The lowest BCUT2D eigenvalue weighted by molar-refractivity contribution is -0.137. The Morgan fingerprint density at radius 1 is 1.43 bits per heavy atom. The molecule has 21 heavy (non-hydrogen) atoms. The summed E-state index contributed by atoms with van der Waals surface area (Å²) in [7, 11) is 1.67. The Morgan fingerprint density at radius 3 is 2.67 bits per heavy atom. The van der Waals surface area contributed by atoms with Crippen molar-refractivity contribution < 1.29 is 14.7 Å². The van der Waals surface area contributed by atoms with E-state index in [-0.39, 0.29) is 18.5 Å². The molecule has 6 heteroatoms. The summed E-state index contributed by atoms with van der Waals surface area (Å²) in [4.78, 5) is 24.5. The summed E-state index contributed by atoms with van der Waals surface area (Å²) in [6, 6.07) is 6.78. The Kier molecular flexibility index (Phi) is 5.07. The molecule has 0 spiro atoms. The molecule has 1 aliphatic carbocycles. The van der Waals surface area contributed by atoms with E-state index in [1.165, 1.54) is 4.90 Å². The lowest BCUT2D eigenvalue weighted by Gasteiger charge is -2.23. The Labute approximate surface area is 128 Å². The average molecular weight is 311 g/mol. The molecule has 0 saturated heterocycles. The largest absolute Gasteiger partial charge is 0.481 e. The van der Waals surface area contributed by atoms with Crippen molar-refractivity contribution in [1.82, 2.24) is 10.2 Å². The number of urea groups is 1. The molecule has 1 atom stereocenters. The lowest BCUT2D eigenvalue weighted by atomic mass is 10.1. The van der Waals surface area contributed by atoms with E-state index in [9.17, 15) is 9.59 Å². The zero-order valence-corrected chi connectivity index (χ0v) is 12.6. The van der Waals surface area contributed by atoms with Crippen LogP contribution in [0, 0.1) is 5.92 Å². The van der Waals surface area contributed by atoms with Crippen molar-refractivity contribution in [1.29, 1.82) is 0 Å². The number of amides is 2. The van der Waals surface area contributed by atoms with E-state index in [0.29, 0.717) is 17.5 Å². The molecule has 1 aliphatic rings. The summed E-state index contributed by atoms with van der Waals surface area (Å²) in [5, 5.41) is 12.3. The highest BCUT2D eigenvalue weighted by Crippen LogP contribution is 2.34. The van der Waals surface area contributed by atoms with Crippen LogP contribution in [0.5, 0.6) is 0 Å². The Balaban J connectivity index is 1.92. The predicted molar refractivity (Wildman–Crippen MR) is 80.2 cm³/mol. The zero-order valence-electron chi connectivity index (χ0n) is 11.9. The van der Waals surface area contributed by atoms with Gasteiger partial charge in [-0.3, -0.25) is 4.79 Å². The van der Waals surface area contributed by atoms with Crippen LogP contribution in [0.15, 0.2) is 24.3 Å². The molecular formula is C15H19ClN2O3. The first-order valence-electron chi connectivity index (χ1n) is 6.94. The Bertz CT molecular complexity index is 531. The second kappa shape index (κ2) is 6.80. The smallest absolute Gasteiger partial charge is 0.317 e. The predicted octanol–water partition coefficient (Wildman–Crippen LogP) is 2.73. The summed E-state index contributed by atoms with van der Waals surface area (Å²) in [5.74, 6) is -0.597. The van der Waals surface area contributed by atoms with Gasteiger partial charge < -0.3 is 15.3 Å². The van der Waals surface area contributed by atoms with Gasteiger partial charge in [0.1, 0.15) is 0 Å². The molecule has 0 aromatic heterocycles. The van der Waals surface area contributed by atoms with E-state index < -0.39 is 5.97 Å². The van der Waals surface area contributed by atoms with E-state index in [4.69, 9.17) is 16.7 Å². The third-order valence-electron chi connectivity index (χ3n) is 3.61. The molecule has 2 rings (SSSR count). The molecule has 0 heterocycles. The van der Waals surface area contributed by atoms with Gasteiger partial charge in [0, 0.05) is 24.7 Å². The van der Waals surface area contributed by atoms with E-state index in [0.717, 1.165) is 18.4 Å². The number of benzene rings is 1. The molecule has 2 N–H and O–H groups in total. The summed E-state index contributed by atoms with van der Waals surface area (Å²) in [5.41, 5.74) is 0.859. The molecule has 5 nitrogen and oxygen atoms in total. The van der Waals surface area contributed by atoms with Crippen LogP contribution in [0.3, 0.4) is 0 Å². The van der Waals surface area contributed by atoms with E-state index in [1.807, 2.05) is 18.2 Å². The number of carboxylic acids is 1. The number of rotatable bonds is 6. The molecule has 1 aromatic rings. The van der Waals surface area contributed by atoms with Gasteiger partial charge in [0.05, 0.1) is 6.42 Å². The molecule has 114 valence electrons. The minimum Gasteiger partial charge on any atom is -0.481 e. The van der Waals surface area contributed by atoms with Crippen LogP contribution >= 0.6 is 11.6 Å². The van der Waals surface area contributed by atoms with Crippen LogP contribution in [-0.2, 0) is 11.3 Å². The number of carbonyl (C=O) groups excluding carboxylic acids is 1. The number of nitrogens with one attached hydrogen (secondary N) is 1. The fourth-order valence-corrected chi connectivity index (χ4v) is 2.44. The maximum absolute atomic E-state index is 12.2. The topological polar surface area (TPSA) is 69.6 Å². The lowest BCUT2D eigenvalue weighted by Crippen LogP contribution is -2.44. The maximum atomic E-state index is 12.2. The van der Waals surface area contributed by atoms with Crippen molar-refractivity contribution >= 4 is 23.6 Å². The SMILES string of the molecule is CN(Cc1ccccc1Cl)C(=O)NC(CC(=O)O)C1CC1. The van der Waals surface area contributed by atoms with Crippen LogP contribution in [0.25, 0.3) is 0 Å². The summed E-state index contributed by atoms with van der Waals surface area (Å²) in [6.45, 7) is 0.385. The van der Waals surface area contributed by atoms with Gasteiger partial charge in [0.25, 0.3) is 0 Å². The molecule has 1 aromatic carbocycles. The maximum Gasteiger partial charge on any atom is 0.317 e. The van der Waals surface area contributed by atoms with Crippen LogP contribution < -0.4 is 5.32 Å². The number of carbonyl (C=O) groups is 2. The minimum absolute atomic E-state index is 0.0314. The number of nitrogens with zero attached hydrogens (tertiary/aromatic N) is 1. The normalized spacial score (nSPS) is 15.3. The number of aliphatic carboxylic acids is 1. The van der Waals surface area contributed by atoms with Gasteiger partial charge in [-0.2, -0.15) is 0 Å². The van der Waals surface area contributed by atoms with Crippen molar-refractivity contribution in [2.45, 2.75) is 31.8 Å². The van der Waals surface area contributed by atoms with E-state index in [1.54, 1.807) is 13.1 Å². The second-order valence-electron chi connectivity index (χ2n) is 5.44. The van der Waals surface area contributed by atoms with Gasteiger partial charge in [-0.1, -0.05) is 29.8 Å². The van der Waals surface area contributed by atoms with Crippen LogP contribution in [0.4, 0.5) is 4.79 Å². The summed E-state index contributed by atoms with van der Waals surface area (Å²) < 4.78 is 0. The molecule has 0 radical (unpaired) electrons. The molecule has 1 unspecified atom stereocenters. The highest BCUT2D eigenvalue weighted by Gasteiger charge is 2.34. The Morgan fingerprint density at radius 2 is 2.10 bits per heavy atom. The quantitative estimate of drug-likeness (QED) is 0.849. The number of hydrogen-bond donors (Lipinski definition) is 2. The van der Waals surface area contributed by atoms with Gasteiger partial charge in [0.2, 0.25) is 0 Å². The Hall–Kier alpha value is -1.75. The van der Waals surface area contributed by atoms with Gasteiger partial charge in [-0.25, -0.2) is 4.79 Å². The fraction of sp³-hybridized carbons (Fsp3) is 0.467. The van der Waals surface area contributed by atoms with E-state index in [2.05, 4.69) is 5.32 Å². The first-order valence-corrected chi connectivity index (χ1v) is 7.32. The highest BCUT2D eigenvalue weighted by molar-refractivity contribution is 6.31. The van der Waals surface area contributed by atoms with Crippen molar-refractivity contribution in [3.8, 4) is 0 Å². The van der Waals surface area contributed by atoms with E-state index >= 15 is 0 Å². The van der Waals surface area contributed by atoms with Crippen molar-refractivity contribution in [3.05, 3.63) is 34.9 Å². The van der Waals surface area contributed by atoms with Gasteiger partial charge >= 0.3 is 12.0 Å². The first kappa shape index (κ1) is 15.6. The van der Waals surface area contributed by atoms with Gasteiger partial charge in [-0.05, 0) is 30.4 Å². The minimum atomic E-state index is -0.888. The zero-order chi connectivity index (χ0) is 15.4. The molecular weight excluding hydrogens is 292 g/mol. The number of hydrogen-bond acceptors (Lipinski definition) is 2. The monoisotopic (exact) mass is 310 g/mol. The van der Waals surface area contributed by atoms with Crippen molar-refractivity contribution in [3.63, 3.8) is 0 Å². The van der Waals surface area contributed by atoms with Crippen molar-refractivity contribution in [2.24, 2.45) is 5.92 Å².